The van der Waals surface area contributed by atoms with Crippen LogP contribution in [0.2, 0.25) is 0 Å². The number of carbonyl (C=O) groups excluding carboxylic acids is 2. The summed E-state index contributed by atoms with van der Waals surface area (Å²) in [6.07, 6.45) is 1.76. The molecule has 19 heavy (non-hydrogen) atoms. The first kappa shape index (κ1) is 15.2. The molecule has 0 unspecified atom stereocenters. The van der Waals surface area contributed by atoms with Crippen LogP contribution in [0.3, 0.4) is 0 Å². The number of hydrogen-bond acceptors (Lipinski definition) is 4. The van der Waals surface area contributed by atoms with E-state index in [1.165, 1.54) is 0 Å². The standard InChI is InChI=1S/C13H21N3O3/c1-9-10(8-14-16(9)5)15-11(17)6-7-12(18)19-13(2,3)4/h8H,6-7H2,1-5H3,(H,15,17). The van der Waals surface area contributed by atoms with E-state index in [0.717, 1.165) is 5.69 Å². The molecule has 1 heterocycles. The fourth-order valence-electron chi connectivity index (χ4n) is 1.44. The first-order valence-corrected chi connectivity index (χ1v) is 6.19. The highest BCUT2D eigenvalue weighted by atomic mass is 16.6. The molecule has 6 nitrogen and oxygen atoms in total. The minimum Gasteiger partial charge on any atom is -0.460 e. The summed E-state index contributed by atoms with van der Waals surface area (Å²) in [5, 5.41) is 6.74. The maximum absolute atomic E-state index is 11.7. The van der Waals surface area contributed by atoms with Crippen LogP contribution in [0.25, 0.3) is 0 Å². The van der Waals surface area contributed by atoms with Crippen molar-refractivity contribution >= 4 is 17.6 Å². The first-order valence-electron chi connectivity index (χ1n) is 6.19. The summed E-state index contributed by atoms with van der Waals surface area (Å²) in [6, 6.07) is 0. The van der Waals surface area contributed by atoms with Crippen LogP contribution >= 0.6 is 0 Å². The number of rotatable bonds is 4. The monoisotopic (exact) mass is 267 g/mol. The molecule has 1 rings (SSSR count). The van der Waals surface area contributed by atoms with Gasteiger partial charge in [0.25, 0.3) is 0 Å². The number of anilines is 1. The number of nitrogens with zero attached hydrogens (tertiary/aromatic N) is 2. The van der Waals surface area contributed by atoms with Crippen molar-refractivity contribution in [3.8, 4) is 0 Å². The maximum Gasteiger partial charge on any atom is 0.306 e. The van der Waals surface area contributed by atoms with Gasteiger partial charge in [0.15, 0.2) is 0 Å². The molecular weight excluding hydrogens is 246 g/mol. The van der Waals surface area contributed by atoms with Gasteiger partial charge in [-0.05, 0) is 27.7 Å². The molecule has 1 aromatic rings. The van der Waals surface area contributed by atoms with E-state index >= 15 is 0 Å². The Morgan fingerprint density at radius 1 is 1.37 bits per heavy atom. The molecule has 1 N–H and O–H groups in total. The van der Waals surface area contributed by atoms with E-state index in [9.17, 15) is 9.59 Å². The zero-order valence-corrected chi connectivity index (χ0v) is 12.1. The highest BCUT2D eigenvalue weighted by Gasteiger charge is 2.17. The minimum absolute atomic E-state index is 0.0718. The smallest absolute Gasteiger partial charge is 0.306 e. The first-order chi connectivity index (χ1) is 8.69. The van der Waals surface area contributed by atoms with Gasteiger partial charge in [-0.25, -0.2) is 0 Å². The molecule has 6 heteroatoms. The van der Waals surface area contributed by atoms with Gasteiger partial charge in [-0.2, -0.15) is 5.10 Å². The second-order valence-corrected chi connectivity index (χ2v) is 5.40. The summed E-state index contributed by atoms with van der Waals surface area (Å²) in [6.45, 7) is 7.24. The van der Waals surface area contributed by atoms with Crippen LogP contribution in [0.4, 0.5) is 5.69 Å². The molecule has 0 bridgehead atoms. The third-order valence-corrected chi connectivity index (χ3v) is 2.49. The van der Waals surface area contributed by atoms with Gasteiger partial charge in [0.05, 0.1) is 24.0 Å². The third kappa shape index (κ3) is 5.11. The van der Waals surface area contributed by atoms with Crippen molar-refractivity contribution in [3.63, 3.8) is 0 Å². The van der Waals surface area contributed by atoms with E-state index in [1.54, 1.807) is 38.7 Å². The largest absolute Gasteiger partial charge is 0.460 e. The Hall–Kier alpha value is -1.85. The number of aryl methyl sites for hydroxylation is 1. The van der Waals surface area contributed by atoms with Crippen molar-refractivity contribution in [2.75, 3.05) is 5.32 Å². The second-order valence-electron chi connectivity index (χ2n) is 5.40. The molecule has 0 aliphatic heterocycles. The highest BCUT2D eigenvalue weighted by molar-refractivity contribution is 5.92. The molecular formula is C13H21N3O3. The molecule has 0 aliphatic rings. The molecule has 0 spiro atoms. The normalized spacial score (nSPS) is 11.2. The second kappa shape index (κ2) is 5.86. The van der Waals surface area contributed by atoms with Gasteiger partial charge in [-0.1, -0.05) is 0 Å². The van der Waals surface area contributed by atoms with Crippen LogP contribution in [-0.4, -0.2) is 27.3 Å². The number of carbonyl (C=O) groups is 2. The SMILES string of the molecule is Cc1c(NC(=O)CCC(=O)OC(C)(C)C)cnn1C. The van der Waals surface area contributed by atoms with Crippen LogP contribution < -0.4 is 5.32 Å². The summed E-state index contributed by atoms with van der Waals surface area (Å²) in [4.78, 5) is 23.2. The molecule has 1 aromatic heterocycles. The van der Waals surface area contributed by atoms with E-state index in [-0.39, 0.29) is 24.7 Å². The summed E-state index contributed by atoms with van der Waals surface area (Å²) >= 11 is 0. The Labute approximate surface area is 113 Å². The van der Waals surface area contributed by atoms with Gasteiger partial charge in [-0.15, -0.1) is 0 Å². The van der Waals surface area contributed by atoms with Crippen molar-refractivity contribution in [2.45, 2.75) is 46.1 Å². The molecule has 106 valence electrons. The van der Waals surface area contributed by atoms with Gasteiger partial charge < -0.3 is 10.1 Å². The van der Waals surface area contributed by atoms with Crippen LogP contribution in [0.1, 0.15) is 39.3 Å². The Balaban J connectivity index is 2.40. The number of esters is 1. The Morgan fingerprint density at radius 2 is 2.00 bits per heavy atom. The number of hydrogen-bond donors (Lipinski definition) is 1. The molecule has 0 aliphatic carbocycles. The van der Waals surface area contributed by atoms with Gasteiger partial charge in [0.2, 0.25) is 5.91 Å². The summed E-state index contributed by atoms with van der Waals surface area (Å²) in [5.74, 6) is -0.590. The average Bonchev–Trinajstić information content (AvgIpc) is 2.56. The Morgan fingerprint density at radius 3 is 2.47 bits per heavy atom. The molecule has 0 saturated carbocycles. The van der Waals surface area contributed by atoms with Crippen LogP contribution in [0.5, 0.6) is 0 Å². The summed E-state index contributed by atoms with van der Waals surface area (Å²) in [7, 11) is 1.80. The lowest BCUT2D eigenvalue weighted by Crippen LogP contribution is -2.24. The van der Waals surface area contributed by atoms with Crippen molar-refractivity contribution in [2.24, 2.45) is 7.05 Å². The van der Waals surface area contributed by atoms with Gasteiger partial charge >= 0.3 is 5.97 Å². The molecule has 0 radical (unpaired) electrons. The topological polar surface area (TPSA) is 73.2 Å². The van der Waals surface area contributed by atoms with Crippen LogP contribution in [0, 0.1) is 6.92 Å². The Kier molecular flexibility index (Phi) is 4.69. The van der Waals surface area contributed by atoms with Crippen LogP contribution in [0.15, 0.2) is 6.20 Å². The minimum atomic E-state index is -0.520. The van der Waals surface area contributed by atoms with E-state index in [0.29, 0.717) is 5.69 Å². The number of nitrogens with one attached hydrogen (secondary N) is 1. The highest BCUT2D eigenvalue weighted by Crippen LogP contribution is 2.13. The zero-order chi connectivity index (χ0) is 14.6. The zero-order valence-electron chi connectivity index (χ0n) is 12.1. The van der Waals surface area contributed by atoms with Gasteiger partial charge in [0, 0.05) is 13.5 Å². The van der Waals surface area contributed by atoms with E-state index < -0.39 is 5.60 Å². The van der Waals surface area contributed by atoms with Crippen molar-refractivity contribution in [3.05, 3.63) is 11.9 Å². The lowest BCUT2D eigenvalue weighted by Gasteiger charge is -2.19. The summed E-state index contributed by atoms with van der Waals surface area (Å²) in [5.41, 5.74) is 1.01. The molecule has 0 fully saturated rings. The van der Waals surface area contributed by atoms with Crippen molar-refractivity contribution in [1.82, 2.24) is 9.78 Å². The lowest BCUT2D eigenvalue weighted by molar-refractivity contribution is -0.155. The number of aromatic nitrogens is 2. The maximum atomic E-state index is 11.7. The van der Waals surface area contributed by atoms with E-state index in [2.05, 4.69) is 10.4 Å². The fraction of sp³-hybridized carbons (Fsp3) is 0.615. The molecule has 0 atom stereocenters. The van der Waals surface area contributed by atoms with Gasteiger partial charge in [-0.3, -0.25) is 14.3 Å². The lowest BCUT2D eigenvalue weighted by atomic mass is 10.2. The fourth-order valence-corrected chi connectivity index (χ4v) is 1.44. The predicted molar refractivity (Wildman–Crippen MR) is 71.7 cm³/mol. The number of ether oxygens (including phenoxy) is 1. The quantitative estimate of drug-likeness (QED) is 0.844. The molecule has 1 amide bonds. The van der Waals surface area contributed by atoms with Crippen molar-refractivity contribution in [1.29, 1.82) is 0 Å². The van der Waals surface area contributed by atoms with E-state index in [4.69, 9.17) is 4.74 Å². The average molecular weight is 267 g/mol. The number of amides is 1. The predicted octanol–water partition coefficient (Wildman–Crippen LogP) is 1.79. The summed E-state index contributed by atoms with van der Waals surface area (Å²) < 4.78 is 6.80. The molecule has 0 aromatic carbocycles. The van der Waals surface area contributed by atoms with Crippen LogP contribution in [-0.2, 0) is 21.4 Å². The third-order valence-electron chi connectivity index (χ3n) is 2.49. The van der Waals surface area contributed by atoms with Gasteiger partial charge in [0.1, 0.15) is 5.60 Å². The molecule has 0 saturated heterocycles. The van der Waals surface area contributed by atoms with Crippen molar-refractivity contribution < 1.29 is 14.3 Å². The Bertz CT molecular complexity index is 472. The van der Waals surface area contributed by atoms with E-state index in [1.807, 2.05) is 6.92 Å².